The number of nitrogens with one attached hydrogen (secondary N) is 2. The summed E-state index contributed by atoms with van der Waals surface area (Å²) in [4.78, 5) is 77.5. The van der Waals surface area contributed by atoms with E-state index >= 15 is 0 Å². The average Bonchev–Trinajstić information content (AvgIpc) is 1.64. The van der Waals surface area contributed by atoms with Gasteiger partial charge in [-0.05, 0) is 74.2 Å². The number of halogens is 2. The standard InChI is InChI=1S/C18H19N5O3.C16H17N5O.C15H17N5O2.C12H8F2N4O/c1-26-17(25)22-18(6-7-18)9-23-13-5-3-2-4-10(13)11-8-12(15(20)24)14(19)21-16(11)23;17-13-11(14(18)22)7-10-9-3-1-2-4-12(9)21(15(10)20-13)8-16(19)5-6-16;16-8(7-21)6-20-12-4-2-1-3-9(12)10-5-11(14(18)22)13(17)19-15(10)20;13-7-2-4-5-1-6(11(16)19)10(15)18-12(5)17-9(4)3-8(7)14/h2-5,8H,6-7,9H2,1H3,(H2,19,21)(H2,20,24)(H,22,25);1-4,7H,5-6,8,19H2,(H2,17,20)(H2,18,22);1-5,8,21H,6-7,16H2,(H2,17,19)(H2,18,22);1-3H,(H2,16,19)(H3,15,17,18)/t;;8-;/m..1./s1. The van der Waals surface area contributed by atoms with E-state index in [4.69, 9.17) is 62.1 Å². The van der Waals surface area contributed by atoms with Gasteiger partial charge in [-0.3, -0.25) is 19.2 Å². The maximum absolute atomic E-state index is 13.3. The summed E-state index contributed by atoms with van der Waals surface area (Å²) in [6.45, 7) is 1.49. The number of aliphatic hydroxyl groups excluding tert-OH is 1. The Labute approximate surface area is 502 Å². The molecule has 28 heteroatoms. The Bertz CT molecular complexity index is 4910. The summed E-state index contributed by atoms with van der Waals surface area (Å²) >= 11 is 0. The molecule has 0 spiro atoms. The maximum atomic E-state index is 13.3. The van der Waals surface area contributed by atoms with Gasteiger partial charge in [-0.2, -0.15) is 0 Å². The first-order valence-corrected chi connectivity index (χ1v) is 27.7. The lowest BCUT2D eigenvalue weighted by Crippen LogP contribution is -2.40. The lowest BCUT2D eigenvalue weighted by atomic mass is 10.1. The number of primary amides is 4. The fraction of sp³-hybridized carbons (Fsp3) is 0.197. The number of carbonyl (C=O) groups excluding carboxylic acids is 5. The van der Waals surface area contributed by atoms with Crippen LogP contribution in [0.5, 0.6) is 0 Å². The summed E-state index contributed by atoms with van der Waals surface area (Å²) in [6.07, 6.45) is 3.27. The highest BCUT2D eigenvalue weighted by Crippen LogP contribution is 2.41. The van der Waals surface area contributed by atoms with E-state index in [2.05, 4.69) is 34.8 Å². The number of alkyl carbamates (subject to hydrolysis) is 1. The molecule has 8 aromatic heterocycles. The summed E-state index contributed by atoms with van der Waals surface area (Å²) in [7, 11) is 1.35. The topological polar surface area (TPSA) is 469 Å². The van der Waals surface area contributed by atoms with Gasteiger partial charge in [0.1, 0.15) is 45.9 Å². The van der Waals surface area contributed by atoms with Gasteiger partial charge < -0.3 is 91.2 Å². The van der Waals surface area contributed by atoms with Crippen molar-refractivity contribution in [3.8, 4) is 0 Å². The zero-order valence-electron chi connectivity index (χ0n) is 47.7. The van der Waals surface area contributed by atoms with Gasteiger partial charge >= 0.3 is 6.09 Å². The zero-order chi connectivity index (χ0) is 63.5. The minimum Gasteiger partial charge on any atom is -0.453 e. The number of pyridine rings is 4. The minimum atomic E-state index is -0.981. The quantitative estimate of drug-likeness (QED) is 0.0766. The smallest absolute Gasteiger partial charge is 0.407 e. The van der Waals surface area contributed by atoms with Crippen LogP contribution in [0.3, 0.4) is 0 Å². The molecule has 2 fully saturated rings. The number of methoxy groups -OCH3 is 1. The van der Waals surface area contributed by atoms with Gasteiger partial charge in [-0.15, -0.1) is 0 Å². The molecule has 14 rings (SSSR count). The third-order valence-corrected chi connectivity index (χ3v) is 15.9. The Hall–Kier alpha value is -11.2. The Morgan fingerprint density at radius 1 is 0.562 bits per heavy atom. The molecule has 2 saturated carbocycles. The summed E-state index contributed by atoms with van der Waals surface area (Å²) in [5, 5.41) is 18.3. The molecule has 1 atom stereocenters. The number of nitrogens with zero attached hydrogens (tertiary/aromatic N) is 7. The van der Waals surface area contributed by atoms with Crippen LogP contribution in [0.15, 0.2) is 109 Å². The van der Waals surface area contributed by atoms with Gasteiger partial charge in [-0.25, -0.2) is 33.5 Å². The van der Waals surface area contributed by atoms with E-state index in [1.54, 1.807) is 18.2 Å². The number of rotatable bonds is 12. The first kappa shape index (κ1) is 59.5. The summed E-state index contributed by atoms with van der Waals surface area (Å²) in [6, 6.07) is 31.6. The van der Waals surface area contributed by atoms with Crippen molar-refractivity contribution in [3.63, 3.8) is 0 Å². The maximum Gasteiger partial charge on any atom is 0.407 e. The van der Waals surface area contributed by atoms with Crippen molar-refractivity contribution >= 4 is 141 Å². The first-order chi connectivity index (χ1) is 42.4. The molecule has 4 aromatic carbocycles. The van der Waals surface area contributed by atoms with Crippen molar-refractivity contribution in [2.24, 2.45) is 34.4 Å². The summed E-state index contributed by atoms with van der Waals surface area (Å²) in [5.74, 6) is -4.17. The highest BCUT2D eigenvalue weighted by Gasteiger charge is 2.45. The molecule has 5 amide bonds. The van der Waals surface area contributed by atoms with Crippen LogP contribution >= 0.6 is 0 Å². The van der Waals surface area contributed by atoms with E-state index in [0.717, 1.165) is 92.3 Å². The van der Waals surface area contributed by atoms with E-state index in [1.165, 1.54) is 13.2 Å². The number of nitrogen functional groups attached to an aromatic ring is 4. The number of H-pyrrole nitrogens is 1. The number of aliphatic hydroxyl groups is 1. The SMILES string of the molecule is COC(=O)NC1(Cn2c3ccccc3c3cc(C(N)=O)c(N)nc32)CC1.NC(=O)c1cc2c(nc1N)[nH]c1cc(F)c(F)cc12.NC(=O)c1cc2c3ccccc3n(CC3(N)CC3)c2nc1N.NC(=O)c1cc2c3ccccc3n(C[C@@H](N)CO)c2nc1N. The molecule has 0 radical (unpaired) electrons. The van der Waals surface area contributed by atoms with E-state index in [1.807, 2.05) is 81.9 Å². The molecule has 26 nitrogen and oxygen atoms in total. The van der Waals surface area contributed by atoms with Gasteiger partial charge in [0.2, 0.25) is 0 Å². The molecule has 0 bridgehead atoms. The van der Waals surface area contributed by atoms with Gasteiger partial charge in [0.05, 0.1) is 63.6 Å². The average molecular weight is 1210 g/mol. The Balaban J connectivity index is 0.000000123. The largest absolute Gasteiger partial charge is 0.453 e. The normalized spacial score (nSPS) is 14.0. The number of carbonyl (C=O) groups is 5. The summed E-state index contributed by atoms with van der Waals surface area (Å²) < 4.78 is 37.2. The second-order valence-electron chi connectivity index (χ2n) is 22.1. The van der Waals surface area contributed by atoms with Gasteiger partial charge in [0.25, 0.3) is 23.6 Å². The Morgan fingerprint density at radius 2 is 0.955 bits per heavy atom. The van der Waals surface area contributed by atoms with Crippen LogP contribution in [0, 0.1) is 11.6 Å². The predicted octanol–water partition coefficient (Wildman–Crippen LogP) is 4.99. The van der Waals surface area contributed by atoms with Crippen molar-refractivity contribution in [1.82, 2.24) is 43.9 Å². The zero-order valence-corrected chi connectivity index (χ0v) is 47.7. The van der Waals surface area contributed by atoms with Crippen LogP contribution in [0.2, 0.25) is 0 Å². The number of ether oxygens (including phenoxy) is 1. The fourth-order valence-electron chi connectivity index (χ4n) is 11.0. The molecule has 0 aliphatic heterocycles. The number of hydrogen-bond donors (Lipinski definition) is 13. The number of anilines is 4. The van der Waals surface area contributed by atoms with Crippen molar-refractivity contribution in [2.45, 2.75) is 62.4 Å². The number of benzene rings is 4. The molecule has 8 heterocycles. The molecule has 89 heavy (non-hydrogen) atoms. The number of aromatic amines is 1. The van der Waals surface area contributed by atoms with Crippen molar-refractivity contribution in [3.05, 3.63) is 143 Å². The molecule has 0 saturated heterocycles. The molecule has 2 aliphatic carbocycles. The third kappa shape index (κ3) is 11.3. The Morgan fingerprint density at radius 3 is 1.37 bits per heavy atom. The molecular formula is C61H61F2N19O7. The number of para-hydroxylation sites is 3. The van der Waals surface area contributed by atoms with Crippen LogP contribution < -0.4 is 62.7 Å². The number of hydrogen-bond acceptors (Lipinski definition) is 17. The first-order valence-electron chi connectivity index (χ1n) is 27.7. The van der Waals surface area contributed by atoms with E-state index in [0.29, 0.717) is 52.9 Å². The lowest BCUT2D eigenvalue weighted by Gasteiger charge is -2.18. The molecule has 23 N–H and O–H groups in total. The van der Waals surface area contributed by atoms with Crippen LogP contribution in [0.1, 0.15) is 67.1 Å². The number of nitrogens with two attached hydrogens (primary N) is 10. The Kier molecular flexibility index (Phi) is 15.3. The molecule has 456 valence electrons. The van der Waals surface area contributed by atoms with Crippen molar-refractivity contribution in [1.29, 1.82) is 0 Å². The monoisotopic (exact) mass is 1210 g/mol. The van der Waals surface area contributed by atoms with Crippen molar-refractivity contribution in [2.75, 3.05) is 36.7 Å². The van der Waals surface area contributed by atoms with Gasteiger partial charge in [0.15, 0.2) is 11.6 Å². The third-order valence-electron chi connectivity index (χ3n) is 15.9. The van der Waals surface area contributed by atoms with Gasteiger partial charge in [-0.1, -0.05) is 54.6 Å². The second kappa shape index (κ2) is 22.9. The predicted molar refractivity (Wildman–Crippen MR) is 336 cm³/mol. The highest BCUT2D eigenvalue weighted by molar-refractivity contribution is 6.14. The van der Waals surface area contributed by atoms with Crippen LogP contribution in [-0.2, 0) is 24.4 Å². The number of amides is 5. The number of fused-ring (bicyclic) bond motifs is 12. The molecule has 2 aliphatic rings. The fourth-order valence-corrected chi connectivity index (χ4v) is 11.0. The van der Waals surface area contributed by atoms with E-state index in [9.17, 15) is 37.9 Å². The minimum absolute atomic E-state index is 0.0347. The van der Waals surface area contributed by atoms with Crippen LogP contribution in [0.4, 0.5) is 36.8 Å². The molecule has 12 aromatic rings. The second-order valence-corrected chi connectivity index (χ2v) is 22.1. The van der Waals surface area contributed by atoms with E-state index in [-0.39, 0.29) is 63.2 Å². The van der Waals surface area contributed by atoms with Crippen LogP contribution in [0.25, 0.3) is 87.7 Å². The highest BCUT2D eigenvalue weighted by atomic mass is 19.2. The van der Waals surface area contributed by atoms with Gasteiger partial charge in [0, 0.05) is 80.4 Å². The van der Waals surface area contributed by atoms with E-state index < -0.39 is 47.4 Å². The van der Waals surface area contributed by atoms with Crippen LogP contribution in [-0.4, -0.2) is 104 Å². The molecule has 0 unspecified atom stereocenters. The molecular weight excluding hydrogens is 1150 g/mol. The number of aromatic nitrogens is 8. The van der Waals surface area contributed by atoms with Crippen molar-refractivity contribution < 1.29 is 42.6 Å². The summed E-state index contributed by atoms with van der Waals surface area (Å²) in [5.41, 5.74) is 62.5. The lowest BCUT2D eigenvalue weighted by molar-refractivity contribution is 0.0992.